The molecule has 2 unspecified atom stereocenters. The molecule has 1 saturated carbocycles. The maximum Gasteiger partial charge on any atom is 0.0710 e. The molecule has 1 aromatic rings. The first-order chi connectivity index (χ1) is 8.58. The number of allylic oxidation sites excluding steroid dienone is 1. The lowest BCUT2D eigenvalue weighted by atomic mass is 9.70. The summed E-state index contributed by atoms with van der Waals surface area (Å²) in [6.07, 6.45) is 8.89. The van der Waals surface area contributed by atoms with E-state index >= 15 is 0 Å². The standard InChI is InChI=1S/C16H23NO/c1-12-4-5-13(2)17(12)11-14-6-7-15(10-14)16(18)8-3-9-16/h4-7,14-15,18H,3,8-11H2,1-2H3. The second-order valence-electron chi connectivity index (χ2n) is 6.17. The maximum absolute atomic E-state index is 10.4. The van der Waals surface area contributed by atoms with Gasteiger partial charge < -0.3 is 9.67 Å². The molecule has 2 heteroatoms. The lowest BCUT2D eigenvalue weighted by molar-refractivity contribution is -0.0703. The first kappa shape index (κ1) is 12.0. The van der Waals surface area contributed by atoms with Gasteiger partial charge in [0.1, 0.15) is 0 Å². The van der Waals surface area contributed by atoms with Crippen LogP contribution in [0, 0.1) is 25.7 Å². The Hall–Kier alpha value is -1.02. The smallest absolute Gasteiger partial charge is 0.0710 e. The summed E-state index contributed by atoms with van der Waals surface area (Å²) >= 11 is 0. The number of aliphatic hydroxyl groups is 1. The van der Waals surface area contributed by atoms with Crippen LogP contribution in [0.3, 0.4) is 0 Å². The molecule has 2 aliphatic rings. The van der Waals surface area contributed by atoms with E-state index in [0.717, 1.165) is 25.8 Å². The van der Waals surface area contributed by atoms with E-state index in [-0.39, 0.29) is 5.60 Å². The summed E-state index contributed by atoms with van der Waals surface area (Å²) in [5.41, 5.74) is 2.31. The highest BCUT2D eigenvalue weighted by molar-refractivity contribution is 5.16. The minimum absolute atomic E-state index is 0.369. The Morgan fingerprint density at radius 1 is 1.22 bits per heavy atom. The summed E-state index contributed by atoms with van der Waals surface area (Å²) in [5.74, 6) is 0.983. The van der Waals surface area contributed by atoms with Gasteiger partial charge in [-0.3, -0.25) is 0 Å². The highest BCUT2D eigenvalue weighted by atomic mass is 16.3. The van der Waals surface area contributed by atoms with Gasteiger partial charge in [0.2, 0.25) is 0 Å². The van der Waals surface area contributed by atoms with Crippen molar-refractivity contribution in [2.75, 3.05) is 0 Å². The number of rotatable bonds is 3. The third kappa shape index (κ3) is 1.93. The van der Waals surface area contributed by atoms with Crippen molar-refractivity contribution in [1.82, 2.24) is 4.57 Å². The molecular weight excluding hydrogens is 222 g/mol. The summed E-state index contributed by atoms with van der Waals surface area (Å²) in [5, 5.41) is 10.4. The van der Waals surface area contributed by atoms with Crippen molar-refractivity contribution in [3.05, 3.63) is 35.7 Å². The van der Waals surface area contributed by atoms with E-state index in [0.29, 0.717) is 11.8 Å². The molecule has 1 heterocycles. The SMILES string of the molecule is Cc1ccc(C)n1CC1C=CC(C2(O)CCC2)C1. The van der Waals surface area contributed by atoms with E-state index in [1.54, 1.807) is 0 Å². The zero-order valence-corrected chi connectivity index (χ0v) is 11.4. The highest BCUT2D eigenvalue weighted by Gasteiger charge is 2.43. The van der Waals surface area contributed by atoms with Crippen molar-refractivity contribution in [3.8, 4) is 0 Å². The second-order valence-corrected chi connectivity index (χ2v) is 6.17. The Morgan fingerprint density at radius 2 is 1.89 bits per heavy atom. The van der Waals surface area contributed by atoms with Gasteiger partial charge in [-0.1, -0.05) is 12.2 Å². The predicted molar refractivity (Wildman–Crippen MR) is 73.4 cm³/mol. The molecule has 0 spiro atoms. The molecule has 0 radical (unpaired) electrons. The van der Waals surface area contributed by atoms with Crippen LogP contribution in [0.15, 0.2) is 24.3 Å². The fourth-order valence-corrected chi connectivity index (χ4v) is 3.44. The van der Waals surface area contributed by atoms with Crippen molar-refractivity contribution in [1.29, 1.82) is 0 Å². The van der Waals surface area contributed by atoms with Crippen LogP contribution in [0.25, 0.3) is 0 Å². The predicted octanol–water partition coefficient (Wildman–Crippen LogP) is 3.21. The van der Waals surface area contributed by atoms with Crippen LogP contribution >= 0.6 is 0 Å². The van der Waals surface area contributed by atoms with Gasteiger partial charge in [-0.15, -0.1) is 0 Å². The normalized spacial score (nSPS) is 29.5. The molecule has 0 amide bonds. The van der Waals surface area contributed by atoms with Crippen LogP contribution < -0.4 is 0 Å². The van der Waals surface area contributed by atoms with Gasteiger partial charge in [0.25, 0.3) is 0 Å². The van der Waals surface area contributed by atoms with Crippen molar-refractivity contribution >= 4 is 0 Å². The summed E-state index contributed by atoms with van der Waals surface area (Å²) in [6, 6.07) is 4.37. The molecule has 0 aliphatic heterocycles. The van der Waals surface area contributed by atoms with E-state index in [4.69, 9.17) is 0 Å². The Kier molecular flexibility index (Phi) is 2.86. The Morgan fingerprint density at radius 3 is 2.44 bits per heavy atom. The molecule has 2 aliphatic carbocycles. The molecule has 18 heavy (non-hydrogen) atoms. The van der Waals surface area contributed by atoms with Crippen LogP contribution in [0.1, 0.15) is 37.1 Å². The van der Waals surface area contributed by atoms with Crippen molar-refractivity contribution in [2.24, 2.45) is 11.8 Å². The van der Waals surface area contributed by atoms with Gasteiger partial charge in [-0.25, -0.2) is 0 Å². The van der Waals surface area contributed by atoms with Gasteiger partial charge in [0.05, 0.1) is 5.60 Å². The number of hydrogen-bond acceptors (Lipinski definition) is 1. The van der Waals surface area contributed by atoms with Gasteiger partial charge >= 0.3 is 0 Å². The molecule has 1 fully saturated rings. The van der Waals surface area contributed by atoms with Gasteiger partial charge in [-0.2, -0.15) is 0 Å². The molecular formula is C16H23NO. The average molecular weight is 245 g/mol. The Labute approximate surface area is 109 Å². The topological polar surface area (TPSA) is 25.2 Å². The molecule has 0 bridgehead atoms. The van der Waals surface area contributed by atoms with Crippen LogP contribution in [0.2, 0.25) is 0 Å². The fourth-order valence-electron chi connectivity index (χ4n) is 3.44. The zero-order chi connectivity index (χ0) is 12.8. The van der Waals surface area contributed by atoms with Crippen molar-refractivity contribution < 1.29 is 5.11 Å². The summed E-state index contributed by atoms with van der Waals surface area (Å²) in [6.45, 7) is 5.40. The van der Waals surface area contributed by atoms with Crippen LogP contribution in [0.4, 0.5) is 0 Å². The lowest BCUT2D eigenvalue weighted by Gasteiger charge is -2.41. The Balaban J connectivity index is 1.65. The van der Waals surface area contributed by atoms with Crippen LogP contribution in [-0.2, 0) is 6.54 Å². The fraction of sp³-hybridized carbons (Fsp3) is 0.625. The van der Waals surface area contributed by atoms with Crippen molar-refractivity contribution in [3.63, 3.8) is 0 Å². The Bertz CT molecular complexity index is 448. The van der Waals surface area contributed by atoms with Gasteiger partial charge in [-0.05, 0) is 57.6 Å². The molecule has 98 valence electrons. The third-order valence-electron chi connectivity index (χ3n) is 4.92. The van der Waals surface area contributed by atoms with E-state index in [1.165, 1.54) is 17.8 Å². The molecule has 2 atom stereocenters. The first-order valence-electron chi connectivity index (χ1n) is 7.12. The van der Waals surface area contributed by atoms with Gasteiger partial charge in [0, 0.05) is 23.9 Å². The van der Waals surface area contributed by atoms with Gasteiger partial charge in [0.15, 0.2) is 0 Å². The molecule has 1 aromatic heterocycles. The van der Waals surface area contributed by atoms with E-state index in [1.807, 2.05) is 0 Å². The van der Waals surface area contributed by atoms with Crippen LogP contribution in [0.5, 0.6) is 0 Å². The van der Waals surface area contributed by atoms with Crippen molar-refractivity contribution in [2.45, 2.75) is 51.7 Å². The monoisotopic (exact) mass is 245 g/mol. The summed E-state index contributed by atoms with van der Waals surface area (Å²) < 4.78 is 2.39. The van der Waals surface area contributed by atoms with E-state index in [9.17, 15) is 5.11 Å². The molecule has 1 N–H and O–H groups in total. The second kappa shape index (κ2) is 4.27. The number of nitrogens with zero attached hydrogens (tertiary/aromatic N) is 1. The highest BCUT2D eigenvalue weighted by Crippen LogP contribution is 2.44. The number of aryl methyl sites for hydroxylation is 2. The lowest BCUT2D eigenvalue weighted by Crippen LogP contribution is -2.43. The molecule has 2 nitrogen and oxygen atoms in total. The quantitative estimate of drug-likeness (QED) is 0.813. The molecule has 0 saturated heterocycles. The van der Waals surface area contributed by atoms with E-state index in [2.05, 4.69) is 42.7 Å². The minimum Gasteiger partial charge on any atom is -0.389 e. The molecule has 0 aromatic carbocycles. The average Bonchev–Trinajstić information content (AvgIpc) is 2.88. The zero-order valence-electron chi connectivity index (χ0n) is 11.4. The number of aromatic nitrogens is 1. The molecule has 3 rings (SSSR count). The summed E-state index contributed by atoms with van der Waals surface area (Å²) in [7, 11) is 0. The third-order valence-corrected chi connectivity index (χ3v) is 4.92. The van der Waals surface area contributed by atoms with Crippen LogP contribution in [-0.4, -0.2) is 15.3 Å². The minimum atomic E-state index is -0.369. The first-order valence-corrected chi connectivity index (χ1v) is 7.12. The largest absolute Gasteiger partial charge is 0.389 e. The maximum atomic E-state index is 10.4. The summed E-state index contributed by atoms with van der Waals surface area (Å²) in [4.78, 5) is 0. The van der Waals surface area contributed by atoms with E-state index < -0.39 is 0 Å². The number of hydrogen-bond donors (Lipinski definition) is 1.